The van der Waals surface area contributed by atoms with Crippen LogP contribution >= 0.6 is 0 Å². The first-order valence-electron chi connectivity index (χ1n) is 6.49. The Balaban J connectivity index is 1.88. The fourth-order valence-electron chi connectivity index (χ4n) is 1.61. The van der Waals surface area contributed by atoms with Gasteiger partial charge in [0.2, 0.25) is 0 Å². The summed E-state index contributed by atoms with van der Waals surface area (Å²) in [6.45, 7) is 1.64. The van der Waals surface area contributed by atoms with Gasteiger partial charge in [0.15, 0.2) is 6.10 Å². The molecule has 0 aromatic heterocycles. The fraction of sp³-hybridized carbons (Fsp3) is 0.125. The lowest BCUT2D eigenvalue weighted by Crippen LogP contribution is -2.33. The first-order chi connectivity index (χ1) is 10.2. The van der Waals surface area contributed by atoms with E-state index in [1.807, 2.05) is 18.2 Å². The standard InChI is InChI=1S/C16H16N2O3/c1-12(21-14-8-3-2-4-9-14)16(20)18-17-11-13-7-5-6-10-15(13)19/h2-12,19H,1H3,(H,18,20)/t12-/m1/s1. The highest BCUT2D eigenvalue weighted by Crippen LogP contribution is 2.13. The number of aromatic hydroxyl groups is 1. The number of phenolic OH excluding ortho intramolecular Hbond substituents is 1. The van der Waals surface area contributed by atoms with E-state index in [0.29, 0.717) is 11.3 Å². The molecular weight excluding hydrogens is 268 g/mol. The number of nitrogens with zero attached hydrogens (tertiary/aromatic N) is 1. The minimum atomic E-state index is -0.672. The van der Waals surface area contributed by atoms with E-state index in [1.165, 1.54) is 6.21 Å². The van der Waals surface area contributed by atoms with E-state index in [0.717, 1.165) is 0 Å². The van der Waals surface area contributed by atoms with Crippen LogP contribution in [0.25, 0.3) is 0 Å². The van der Waals surface area contributed by atoms with Gasteiger partial charge in [0.1, 0.15) is 11.5 Å². The molecule has 2 aromatic carbocycles. The highest BCUT2D eigenvalue weighted by molar-refractivity contribution is 5.86. The van der Waals surface area contributed by atoms with Crippen molar-refractivity contribution in [2.75, 3.05) is 0 Å². The lowest BCUT2D eigenvalue weighted by molar-refractivity contribution is -0.127. The predicted molar refractivity (Wildman–Crippen MR) is 80.4 cm³/mol. The van der Waals surface area contributed by atoms with Gasteiger partial charge in [0.05, 0.1) is 6.21 Å². The molecule has 21 heavy (non-hydrogen) atoms. The number of benzene rings is 2. The summed E-state index contributed by atoms with van der Waals surface area (Å²) in [7, 11) is 0. The van der Waals surface area contributed by atoms with Crippen LogP contribution in [0.4, 0.5) is 0 Å². The molecule has 0 saturated carbocycles. The molecule has 2 rings (SSSR count). The van der Waals surface area contributed by atoms with E-state index in [2.05, 4.69) is 10.5 Å². The normalized spacial score (nSPS) is 12.0. The highest BCUT2D eigenvalue weighted by atomic mass is 16.5. The first-order valence-corrected chi connectivity index (χ1v) is 6.49. The Labute approximate surface area is 122 Å². The Kier molecular flexibility index (Phi) is 4.93. The maximum absolute atomic E-state index is 11.8. The van der Waals surface area contributed by atoms with Crippen LogP contribution in [0.2, 0.25) is 0 Å². The number of hydrazone groups is 1. The number of carbonyl (C=O) groups is 1. The molecule has 0 aliphatic carbocycles. The minimum Gasteiger partial charge on any atom is -0.507 e. The molecule has 0 unspecified atom stereocenters. The maximum atomic E-state index is 11.8. The summed E-state index contributed by atoms with van der Waals surface area (Å²) in [5.74, 6) is 0.347. The third kappa shape index (κ3) is 4.35. The largest absolute Gasteiger partial charge is 0.507 e. The van der Waals surface area contributed by atoms with Crippen molar-refractivity contribution >= 4 is 12.1 Å². The van der Waals surface area contributed by atoms with Gasteiger partial charge in [-0.25, -0.2) is 5.43 Å². The summed E-state index contributed by atoms with van der Waals surface area (Å²) in [4.78, 5) is 11.8. The lowest BCUT2D eigenvalue weighted by atomic mass is 10.2. The molecule has 0 bridgehead atoms. The summed E-state index contributed by atoms with van der Waals surface area (Å²) in [6, 6.07) is 15.8. The van der Waals surface area contributed by atoms with Gasteiger partial charge in [-0.3, -0.25) is 4.79 Å². The van der Waals surface area contributed by atoms with Crippen LogP contribution in [-0.2, 0) is 4.79 Å². The summed E-state index contributed by atoms with van der Waals surface area (Å²) in [5.41, 5.74) is 2.90. The molecule has 0 radical (unpaired) electrons. The fourth-order valence-corrected chi connectivity index (χ4v) is 1.61. The zero-order chi connectivity index (χ0) is 15.1. The van der Waals surface area contributed by atoms with Gasteiger partial charge in [-0.1, -0.05) is 30.3 Å². The van der Waals surface area contributed by atoms with Crippen molar-refractivity contribution in [2.24, 2.45) is 5.10 Å². The number of hydrogen-bond donors (Lipinski definition) is 2. The molecule has 0 aliphatic rings. The van der Waals surface area contributed by atoms with Crippen molar-refractivity contribution < 1.29 is 14.6 Å². The topological polar surface area (TPSA) is 70.9 Å². The van der Waals surface area contributed by atoms with Gasteiger partial charge in [0.25, 0.3) is 5.91 Å². The summed E-state index contributed by atoms with van der Waals surface area (Å²) >= 11 is 0. The van der Waals surface area contributed by atoms with E-state index in [4.69, 9.17) is 4.74 Å². The first kappa shape index (κ1) is 14.6. The van der Waals surface area contributed by atoms with E-state index in [-0.39, 0.29) is 11.7 Å². The molecule has 2 N–H and O–H groups in total. The van der Waals surface area contributed by atoms with E-state index in [9.17, 15) is 9.90 Å². The van der Waals surface area contributed by atoms with Crippen LogP contribution in [0.3, 0.4) is 0 Å². The summed E-state index contributed by atoms with van der Waals surface area (Å²) in [5, 5.41) is 13.4. The van der Waals surface area contributed by atoms with Crippen molar-refractivity contribution in [1.29, 1.82) is 0 Å². The third-order valence-corrected chi connectivity index (χ3v) is 2.74. The molecule has 0 aliphatic heterocycles. The molecule has 108 valence electrons. The van der Waals surface area contributed by atoms with E-state index < -0.39 is 6.10 Å². The van der Waals surface area contributed by atoms with Crippen molar-refractivity contribution in [3.05, 3.63) is 60.2 Å². The second-order valence-electron chi connectivity index (χ2n) is 4.37. The van der Waals surface area contributed by atoms with Crippen LogP contribution in [0, 0.1) is 0 Å². The average molecular weight is 284 g/mol. The number of rotatable bonds is 5. The number of para-hydroxylation sites is 2. The van der Waals surface area contributed by atoms with Gasteiger partial charge >= 0.3 is 0 Å². The summed E-state index contributed by atoms with van der Waals surface area (Å²) < 4.78 is 5.47. The number of nitrogens with one attached hydrogen (secondary N) is 1. The zero-order valence-corrected chi connectivity index (χ0v) is 11.6. The van der Waals surface area contributed by atoms with Crippen molar-refractivity contribution in [3.63, 3.8) is 0 Å². The van der Waals surface area contributed by atoms with Crippen molar-refractivity contribution in [3.8, 4) is 11.5 Å². The number of hydrogen-bond acceptors (Lipinski definition) is 4. The third-order valence-electron chi connectivity index (χ3n) is 2.74. The van der Waals surface area contributed by atoms with Gasteiger partial charge in [0, 0.05) is 5.56 Å². The molecule has 1 amide bonds. The molecule has 2 aromatic rings. The van der Waals surface area contributed by atoms with Gasteiger partial charge in [-0.05, 0) is 31.2 Å². The molecule has 0 saturated heterocycles. The van der Waals surface area contributed by atoms with E-state index >= 15 is 0 Å². The molecule has 1 atom stereocenters. The Morgan fingerprint density at radius 2 is 1.86 bits per heavy atom. The predicted octanol–water partition coefficient (Wildman–Crippen LogP) is 2.31. The highest BCUT2D eigenvalue weighted by Gasteiger charge is 2.13. The van der Waals surface area contributed by atoms with Gasteiger partial charge < -0.3 is 9.84 Å². The van der Waals surface area contributed by atoms with Crippen LogP contribution in [0.15, 0.2) is 59.7 Å². The van der Waals surface area contributed by atoms with Gasteiger partial charge in [-0.2, -0.15) is 5.10 Å². The molecule has 0 spiro atoms. The molecular formula is C16H16N2O3. The maximum Gasteiger partial charge on any atom is 0.280 e. The van der Waals surface area contributed by atoms with Crippen molar-refractivity contribution in [1.82, 2.24) is 5.43 Å². The lowest BCUT2D eigenvalue weighted by Gasteiger charge is -2.12. The monoisotopic (exact) mass is 284 g/mol. The van der Waals surface area contributed by atoms with Gasteiger partial charge in [-0.15, -0.1) is 0 Å². The van der Waals surface area contributed by atoms with E-state index in [1.54, 1.807) is 43.3 Å². The molecule has 5 heteroatoms. The number of phenols is 1. The van der Waals surface area contributed by atoms with Crippen LogP contribution in [-0.4, -0.2) is 23.3 Å². The Hall–Kier alpha value is -2.82. The summed E-state index contributed by atoms with van der Waals surface area (Å²) in [6.07, 6.45) is 0.705. The smallest absolute Gasteiger partial charge is 0.280 e. The second-order valence-corrected chi connectivity index (χ2v) is 4.37. The molecule has 0 heterocycles. The minimum absolute atomic E-state index is 0.101. The molecule has 5 nitrogen and oxygen atoms in total. The van der Waals surface area contributed by atoms with Crippen molar-refractivity contribution in [2.45, 2.75) is 13.0 Å². The van der Waals surface area contributed by atoms with Crippen LogP contribution in [0.5, 0.6) is 11.5 Å². The number of carbonyl (C=O) groups excluding carboxylic acids is 1. The average Bonchev–Trinajstić information content (AvgIpc) is 2.50. The zero-order valence-electron chi connectivity index (χ0n) is 11.6. The Bertz CT molecular complexity index is 626. The second kappa shape index (κ2) is 7.09. The SMILES string of the molecule is C[C@@H](Oc1ccccc1)C(=O)NN=Cc1ccccc1O. The number of ether oxygens (including phenoxy) is 1. The quantitative estimate of drug-likeness (QED) is 0.654. The Morgan fingerprint density at radius 3 is 2.57 bits per heavy atom. The number of amides is 1. The Morgan fingerprint density at radius 1 is 1.19 bits per heavy atom. The van der Waals surface area contributed by atoms with Crippen LogP contribution < -0.4 is 10.2 Å². The van der Waals surface area contributed by atoms with Crippen LogP contribution in [0.1, 0.15) is 12.5 Å². The molecule has 0 fully saturated rings.